The number of carbonyl (C=O) groups is 1. The maximum absolute atomic E-state index is 13.3. The minimum atomic E-state index is -0.373. The Morgan fingerprint density at radius 3 is 2.90 bits per heavy atom. The highest BCUT2D eigenvalue weighted by Gasteiger charge is 2.43. The van der Waals surface area contributed by atoms with Crippen molar-refractivity contribution in [2.75, 3.05) is 39.3 Å². The first-order valence-corrected chi connectivity index (χ1v) is 10.6. The summed E-state index contributed by atoms with van der Waals surface area (Å²) < 4.78 is 12.3. The third-order valence-corrected chi connectivity index (χ3v) is 6.46. The number of piperazine rings is 1. The molecule has 2 aliphatic carbocycles. The summed E-state index contributed by atoms with van der Waals surface area (Å²) in [5.41, 5.74) is 3.25. The highest BCUT2D eigenvalue weighted by Crippen LogP contribution is 2.46. The van der Waals surface area contributed by atoms with E-state index in [1.54, 1.807) is 0 Å². The zero-order valence-corrected chi connectivity index (χ0v) is 17.2. The molecule has 0 radical (unpaired) electrons. The van der Waals surface area contributed by atoms with E-state index in [0.29, 0.717) is 6.61 Å². The van der Waals surface area contributed by atoms with Crippen molar-refractivity contribution >= 4 is 11.9 Å². The van der Waals surface area contributed by atoms with Gasteiger partial charge in [0.25, 0.3) is 0 Å². The number of hydrogen-bond donors (Lipinski definition) is 1. The van der Waals surface area contributed by atoms with Crippen molar-refractivity contribution in [1.29, 1.82) is 0 Å². The Kier molecular flexibility index (Phi) is 4.60. The average Bonchev–Trinajstić information content (AvgIpc) is 3.14. The number of fused-ring (bicyclic) bond motifs is 4. The van der Waals surface area contributed by atoms with Crippen molar-refractivity contribution in [2.45, 2.75) is 32.1 Å². The molecule has 0 unspecified atom stereocenters. The van der Waals surface area contributed by atoms with Gasteiger partial charge < -0.3 is 14.5 Å². The van der Waals surface area contributed by atoms with Crippen LogP contribution in [0.3, 0.4) is 0 Å². The van der Waals surface area contributed by atoms with Crippen molar-refractivity contribution in [3.63, 3.8) is 0 Å². The largest absolute Gasteiger partial charge is 0.492 e. The molecule has 1 fully saturated rings. The average molecular weight is 392 g/mol. The summed E-state index contributed by atoms with van der Waals surface area (Å²) in [7, 11) is 0. The van der Waals surface area contributed by atoms with E-state index in [9.17, 15) is 4.79 Å². The molecule has 152 valence electrons. The van der Waals surface area contributed by atoms with Gasteiger partial charge in [0.05, 0.1) is 5.56 Å². The van der Waals surface area contributed by atoms with E-state index in [1.165, 1.54) is 0 Å². The molecule has 0 bridgehead atoms. The van der Waals surface area contributed by atoms with Crippen LogP contribution in [0.25, 0.3) is 6.08 Å². The molecule has 5 heteroatoms. The number of ketones is 1. The lowest BCUT2D eigenvalue weighted by molar-refractivity contribution is 0.102. The highest BCUT2D eigenvalue weighted by molar-refractivity contribution is 6.14. The first kappa shape index (κ1) is 18.6. The minimum Gasteiger partial charge on any atom is -0.492 e. The molecule has 3 aliphatic rings. The fourth-order valence-electron chi connectivity index (χ4n) is 4.78. The first-order chi connectivity index (χ1) is 14.1. The van der Waals surface area contributed by atoms with Crippen molar-refractivity contribution in [1.82, 2.24) is 10.2 Å². The molecule has 1 aliphatic heterocycles. The number of carbonyl (C=O) groups excluding carboxylic acids is 1. The third kappa shape index (κ3) is 3.13. The third-order valence-electron chi connectivity index (χ3n) is 6.46. The molecule has 0 spiro atoms. The Balaban J connectivity index is 1.41. The van der Waals surface area contributed by atoms with Crippen LogP contribution in [-0.2, 0) is 11.8 Å². The van der Waals surface area contributed by atoms with E-state index in [0.717, 1.165) is 85.1 Å². The fourth-order valence-corrected chi connectivity index (χ4v) is 4.78. The molecular weight excluding hydrogens is 364 g/mol. The van der Waals surface area contributed by atoms with Gasteiger partial charge in [0.1, 0.15) is 23.9 Å². The lowest BCUT2D eigenvalue weighted by atomic mass is 9.71. The second-order valence-corrected chi connectivity index (χ2v) is 8.69. The molecule has 0 atom stereocenters. The van der Waals surface area contributed by atoms with Crippen LogP contribution in [0.4, 0.5) is 0 Å². The molecule has 2 aromatic rings. The van der Waals surface area contributed by atoms with E-state index in [-0.39, 0.29) is 11.2 Å². The zero-order valence-electron chi connectivity index (χ0n) is 17.2. The Morgan fingerprint density at radius 1 is 1.24 bits per heavy atom. The lowest BCUT2D eigenvalue weighted by Crippen LogP contribution is -2.44. The van der Waals surface area contributed by atoms with Crippen LogP contribution in [0.15, 0.2) is 28.7 Å². The summed E-state index contributed by atoms with van der Waals surface area (Å²) in [4.78, 5) is 15.7. The summed E-state index contributed by atoms with van der Waals surface area (Å²) >= 11 is 0. The molecule has 1 aromatic heterocycles. The molecular formula is C24H28N2O3. The second kappa shape index (κ2) is 7.15. The van der Waals surface area contributed by atoms with Gasteiger partial charge in [-0.1, -0.05) is 6.08 Å². The van der Waals surface area contributed by atoms with Crippen LogP contribution in [0.5, 0.6) is 5.75 Å². The number of furan rings is 1. The van der Waals surface area contributed by atoms with Gasteiger partial charge in [0.15, 0.2) is 5.78 Å². The maximum Gasteiger partial charge on any atom is 0.197 e. The number of nitrogens with one attached hydrogen (secondary N) is 1. The number of ether oxygens (including phenoxy) is 1. The summed E-state index contributed by atoms with van der Waals surface area (Å²) in [5, 5.41) is 3.37. The molecule has 5 rings (SSSR count). The fraction of sp³-hybridized carbons (Fsp3) is 0.458. The molecule has 1 aromatic carbocycles. The van der Waals surface area contributed by atoms with Gasteiger partial charge in [0.2, 0.25) is 0 Å². The van der Waals surface area contributed by atoms with Crippen molar-refractivity contribution in [2.24, 2.45) is 0 Å². The standard InChI is InChI=1S/C24H28N2O3/c1-24(2)19-15-16(28-14-13-26-11-9-25-10-12-26)7-8-17(19)22(27)21-18-5-3-4-6-20(18)29-23(21)24/h4,6-8,15,25H,3,5,9-14H2,1-2H3. The minimum absolute atomic E-state index is 0.0852. The van der Waals surface area contributed by atoms with E-state index in [2.05, 4.69) is 30.1 Å². The predicted molar refractivity (Wildman–Crippen MR) is 113 cm³/mol. The number of hydrogen-bond acceptors (Lipinski definition) is 5. The van der Waals surface area contributed by atoms with E-state index >= 15 is 0 Å². The van der Waals surface area contributed by atoms with E-state index in [4.69, 9.17) is 9.15 Å². The van der Waals surface area contributed by atoms with E-state index in [1.807, 2.05) is 24.3 Å². The van der Waals surface area contributed by atoms with Gasteiger partial charge in [-0.3, -0.25) is 9.69 Å². The van der Waals surface area contributed by atoms with Crippen molar-refractivity contribution < 1.29 is 13.9 Å². The monoisotopic (exact) mass is 392 g/mol. The zero-order chi connectivity index (χ0) is 20.0. The van der Waals surface area contributed by atoms with Crippen molar-refractivity contribution in [3.05, 3.63) is 58.0 Å². The van der Waals surface area contributed by atoms with Crippen molar-refractivity contribution in [3.8, 4) is 5.75 Å². The smallest absolute Gasteiger partial charge is 0.197 e. The Morgan fingerprint density at radius 2 is 2.07 bits per heavy atom. The normalized spacial score (nSPS) is 20.1. The molecule has 0 amide bonds. The Hall–Kier alpha value is -2.37. The molecule has 0 saturated carbocycles. The van der Waals surface area contributed by atoms with Crippen LogP contribution in [-0.4, -0.2) is 50.0 Å². The highest BCUT2D eigenvalue weighted by atomic mass is 16.5. The van der Waals surface area contributed by atoms with Crippen LogP contribution in [0, 0.1) is 0 Å². The van der Waals surface area contributed by atoms with Crippen LogP contribution < -0.4 is 10.1 Å². The summed E-state index contributed by atoms with van der Waals surface area (Å²) in [6, 6.07) is 5.90. The van der Waals surface area contributed by atoms with Crippen LogP contribution >= 0.6 is 0 Å². The molecule has 29 heavy (non-hydrogen) atoms. The van der Waals surface area contributed by atoms with Gasteiger partial charge >= 0.3 is 0 Å². The molecule has 1 N–H and O–H groups in total. The maximum atomic E-state index is 13.3. The molecule has 1 saturated heterocycles. The summed E-state index contributed by atoms with van der Waals surface area (Å²) in [5.74, 6) is 2.55. The van der Waals surface area contributed by atoms with E-state index < -0.39 is 0 Å². The van der Waals surface area contributed by atoms with Gasteiger partial charge in [-0.25, -0.2) is 0 Å². The second-order valence-electron chi connectivity index (χ2n) is 8.69. The number of nitrogens with zero attached hydrogens (tertiary/aromatic N) is 1. The van der Waals surface area contributed by atoms with Gasteiger partial charge in [-0.15, -0.1) is 0 Å². The number of rotatable bonds is 4. The van der Waals surface area contributed by atoms with Crippen LogP contribution in [0.1, 0.15) is 58.8 Å². The Bertz CT molecular complexity index is 980. The SMILES string of the molecule is CC1(C)c2cc(OCCN3CCNCC3)ccc2C(=O)c2c1oc1c2CCC=C1. The molecule has 5 nitrogen and oxygen atoms in total. The van der Waals surface area contributed by atoms with Gasteiger partial charge in [0, 0.05) is 49.3 Å². The topological polar surface area (TPSA) is 54.7 Å². The molecule has 2 heterocycles. The number of allylic oxidation sites excluding steroid dienone is 1. The Labute approximate surface area is 171 Å². The predicted octanol–water partition coefficient (Wildman–Crippen LogP) is 3.39. The quantitative estimate of drug-likeness (QED) is 0.864. The first-order valence-electron chi connectivity index (χ1n) is 10.6. The summed E-state index contributed by atoms with van der Waals surface area (Å²) in [6.45, 7) is 10.1. The van der Waals surface area contributed by atoms with Gasteiger partial charge in [-0.2, -0.15) is 0 Å². The lowest BCUT2D eigenvalue weighted by Gasteiger charge is -2.31. The van der Waals surface area contributed by atoms with Crippen LogP contribution in [0.2, 0.25) is 0 Å². The van der Waals surface area contributed by atoms with Gasteiger partial charge in [-0.05, 0) is 56.5 Å². The summed E-state index contributed by atoms with van der Waals surface area (Å²) in [6.07, 6.45) is 5.95. The number of benzene rings is 1.